The summed E-state index contributed by atoms with van der Waals surface area (Å²) in [7, 11) is -1.49. The first-order valence-corrected chi connectivity index (χ1v) is 10.6. The zero-order chi connectivity index (χ0) is 19.1. The van der Waals surface area contributed by atoms with Crippen molar-refractivity contribution in [2.75, 3.05) is 19.4 Å². The summed E-state index contributed by atoms with van der Waals surface area (Å²) < 4.78 is 25.0. The highest BCUT2D eigenvalue weighted by Crippen LogP contribution is 2.55. The number of H-pyrrole nitrogens is 1. The van der Waals surface area contributed by atoms with Crippen molar-refractivity contribution in [1.82, 2.24) is 19.9 Å². The van der Waals surface area contributed by atoms with E-state index in [0.29, 0.717) is 18.7 Å². The molecule has 0 aliphatic carbocycles. The van der Waals surface area contributed by atoms with Gasteiger partial charge in [-0.25, -0.2) is 4.79 Å². The lowest BCUT2D eigenvalue weighted by Gasteiger charge is -2.33. The molecule has 6 atom stereocenters. The molecule has 2 N–H and O–H groups in total. The summed E-state index contributed by atoms with van der Waals surface area (Å²) in [5.41, 5.74) is -1.20. The number of aromatic nitrogens is 3. The van der Waals surface area contributed by atoms with E-state index in [9.17, 15) is 18.9 Å². The molecule has 2 fully saturated rings. The minimum atomic E-state index is -2.78. The number of aromatic amines is 1. The molecule has 2 saturated heterocycles. The van der Waals surface area contributed by atoms with E-state index >= 15 is 0 Å². The minimum Gasteiger partial charge on any atom is -0.468 e. The third-order valence-corrected chi connectivity index (χ3v) is 8.01. The van der Waals surface area contributed by atoms with Gasteiger partial charge in [0.05, 0.1) is 13.2 Å². The van der Waals surface area contributed by atoms with Crippen molar-refractivity contribution < 1.29 is 18.8 Å². The van der Waals surface area contributed by atoms with Crippen LogP contribution in [0, 0.1) is 11.8 Å². The molecule has 0 aromatic carbocycles. The van der Waals surface area contributed by atoms with Crippen LogP contribution >= 0.6 is 7.29 Å². The highest BCUT2D eigenvalue weighted by molar-refractivity contribution is 7.62. The zero-order valence-corrected chi connectivity index (χ0v) is 15.8. The van der Waals surface area contributed by atoms with Crippen molar-refractivity contribution >= 4 is 13.3 Å². The van der Waals surface area contributed by atoms with Crippen LogP contribution in [0.15, 0.2) is 15.8 Å². The van der Waals surface area contributed by atoms with E-state index in [0.717, 1.165) is 10.9 Å². The van der Waals surface area contributed by atoms with Crippen molar-refractivity contribution in [3.8, 4) is 0 Å². The molecule has 144 valence electrons. The maximum absolute atomic E-state index is 13.2. The number of carbonyl (C=O) groups is 1. The monoisotopic (exact) mass is 386 g/mol. The molecule has 26 heavy (non-hydrogen) atoms. The maximum Gasteiger partial charge on any atom is 0.347 e. The van der Waals surface area contributed by atoms with E-state index < -0.39 is 36.8 Å². The summed E-state index contributed by atoms with van der Waals surface area (Å²) in [5, 5.41) is 6.82. The van der Waals surface area contributed by atoms with Gasteiger partial charge in [-0.15, -0.1) is 0 Å². The van der Waals surface area contributed by atoms with Crippen molar-refractivity contribution in [3.63, 3.8) is 0 Å². The fourth-order valence-electron chi connectivity index (χ4n) is 3.81. The van der Waals surface area contributed by atoms with Gasteiger partial charge in [-0.2, -0.15) is 9.78 Å². The van der Waals surface area contributed by atoms with E-state index in [4.69, 9.17) is 4.74 Å². The van der Waals surface area contributed by atoms with E-state index in [1.165, 1.54) is 7.11 Å². The molecule has 10 nitrogen and oxygen atoms in total. The summed E-state index contributed by atoms with van der Waals surface area (Å²) >= 11 is 0. The number of nitrogens with zero attached hydrogens (tertiary/aromatic N) is 2. The molecule has 3 heterocycles. The van der Waals surface area contributed by atoms with Crippen molar-refractivity contribution in [1.29, 1.82) is 0 Å². The summed E-state index contributed by atoms with van der Waals surface area (Å²) in [6, 6.07) is -0.653. The number of fused-ring (bicyclic) bond motifs is 1. The van der Waals surface area contributed by atoms with Crippen LogP contribution in [-0.2, 0) is 18.8 Å². The van der Waals surface area contributed by atoms with Gasteiger partial charge in [0.25, 0.3) is 5.56 Å². The number of hydrogen-bond donors (Lipinski definition) is 2. The molecule has 2 aliphatic heterocycles. The van der Waals surface area contributed by atoms with E-state index in [2.05, 4.69) is 19.9 Å². The quantitative estimate of drug-likeness (QED) is 0.542. The molecule has 2 aliphatic rings. The van der Waals surface area contributed by atoms with Gasteiger partial charge in [0, 0.05) is 24.2 Å². The molecule has 1 aromatic rings. The van der Waals surface area contributed by atoms with Crippen LogP contribution in [0.4, 0.5) is 0 Å². The normalized spacial score (nSPS) is 34.9. The van der Waals surface area contributed by atoms with Gasteiger partial charge in [-0.3, -0.25) is 19.7 Å². The molecule has 3 rings (SSSR count). The second-order valence-corrected chi connectivity index (χ2v) is 9.78. The first-order chi connectivity index (χ1) is 12.2. The predicted molar refractivity (Wildman–Crippen MR) is 92.3 cm³/mol. The van der Waals surface area contributed by atoms with Crippen LogP contribution < -0.4 is 16.3 Å². The van der Waals surface area contributed by atoms with Crippen molar-refractivity contribution in [2.24, 2.45) is 11.8 Å². The Labute approximate surface area is 149 Å². The van der Waals surface area contributed by atoms with Crippen LogP contribution in [0.2, 0.25) is 0 Å². The zero-order valence-electron chi connectivity index (χ0n) is 14.9. The van der Waals surface area contributed by atoms with Crippen LogP contribution in [0.3, 0.4) is 0 Å². The number of nitrogens with one attached hydrogen (secondary N) is 2. The fourth-order valence-corrected chi connectivity index (χ4v) is 6.96. The number of esters is 1. The second kappa shape index (κ2) is 7.09. The van der Waals surface area contributed by atoms with E-state index in [1.54, 1.807) is 6.92 Å². The molecule has 0 spiro atoms. The SMILES string of the molecule is COC(=O)[C@H](C)NP1(=O)CC[C@H]2O[C@@H](n3ncc(=O)[nH]c3=O)[C@H](C)[C@@H]2C1. The number of ether oxygens (including phenoxy) is 2. The number of methoxy groups -OCH3 is 1. The largest absolute Gasteiger partial charge is 0.468 e. The Morgan fingerprint density at radius 3 is 2.92 bits per heavy atom. The highest BCUT2D eigenvalue weighted by atomic mass is 31.2. The van der Waals surface area contributed by atoms with Crippen LogP contribution in [0.25, 0.3) is 0 Å². The molecule has 1 unspecified atom stereocenters. The third-order valence-electron chi connectivity index (χ3n) is 5.16. The molecular weight excluding hydrogens is 363 g/mol. The van der Waals surface area contributed by atoms with Crippen LogP contribution in [0.5, 0.6) is 0 Å². The maximum atomic E-state index is 13.2. The van der Waals surface area contributed by atoms with Gasteiger partial charge >= 0.3 is 11.7 Å². The molecule has 0 amide bonds. The van der Waals surface area contributed by atoms with Gasteiger partial charge in [0.1, 0.15) is 19.5 Å². The number of hydrogen-bond acceptors (Lipinski definition) is 7. The third kappa shape index (κ3) is 3.54. The van der Waals surface area contributed by atoms with Gasteiger partial charge in [-0.05, 0) is 13.3 Å². The first-order valence-electron chi connectivity index (χ1n) is 8.51. The Morgan fingerprint density at radius 1 is 1.54 bits per heavy atom. The Bertz CT molecular complexity index is 851. The highest BCUT2D eigenvalue weighted by Gasteiger charge is 2.50. The molecule has 0 saturated carbocycles. The van der Waals surface area contributed by atoms with Crippen LogP contribution in [-0.4, -0.2) is 52.3 Å². The van der Waals surface area contributed by atoms with Crippen LogP contribution in [0.1, 0.15) is 26.5 Å². The lowest BCUT2D eigenvalue weighted by Crippen LogP contribution is -2.39. The Balaban J connectivity index is 1.77. The summed E-state index contributed by atoms with van der Waals surface area (Å²) in [6.07, 6.45) is 1.59. The number of carbonyl (C=O) groups excluding carboxylic acids is 1. The molecule has 1 aromatic heterocycles. The molecule has 0 bridgehead atoms. The van der Waals surface area contributed by atoms with Gasteiger partial charge in [-0.1, -0.05) is 6.92 Å². The lowest BCUT2D eigenvalue weighted by atomic mass is 9.91. The van der Waals surface area contributed by atoms with Gasteiger partial charge in [0.2, 0.25) is 0 Å². The Kier molecular flexibility index (Phi) is 5.18. The van der Waals surface area contributed by atoms with Crippen molar-refractivity contribution in [2.45, 2.75) is 38.6 Å². The Morgan fingerprint density at radius 2 is 2.27 bits per heavy atom. The average molecular weight is 386 g/mol. The Hall–Kier alpha value is -1.77. The molecule has 11 heteroatoms. The number of rotatable bonds is 4. The second-order valence-electron chi connectivity index (χ2n) is 6.93. The molecule has 0 radical (unpaired) electrons. The smallest absolute Gasteiger partial charge is 0.347 e. The standard InChI is InChI=1S/C15H23N4O6P/c1-8-10-7-26(23,18-9(2)14(21)24-3)5-4-11(10)25-13(8)19-15(22)17-12(20)6-16-19/h6,8-11,13H,4-5,7H2,1-3H3,(H,18,23)(H,17,20,22)/t8-,9+,10+,11-,13-,26?/m1/s1. The van der Waals surface area contributed by atoms with Gasteiger partial charge in [0.15, 0.2) is 6.23 Å². The van der Waals surface area contributed by atoms with E-state index in [1.807, 2.05) is 6.92 Å². The minimum absolute atomic E-state index is 0.0439. The first kappa shape index (κ1) is 19.0. The van der Waals surface area contributed by atoms with Crippen molar-refractivity contribution in [3.05, 3.63) is 27.0 Å². The lowest BCUT2D eigenvalue weighted by molar-refractivity contribution is -0.142. The fraction of sp³-hybridized carbons (Fsp3) is 0.733. The summed E-state index contributed by atoms with van der Waals surface area (Å²) in [6.45, 7) is 3.53. The summed E-state index contributed by atoms with van der Waals surface area (Å²) in [5.74, 6) is -0.627. The van der Waals surface area contributed by atoms with E-state index in [-0.39, 0.29) is 17.9 Å². The predicted octanol–water partition coefficient (Wildman–Crippen LogP) is -0.0858. The van der Waals surface area contributed by atoms with Gasteiger partial charge < -0.3 is 14.0 Å². The molecular formula is C15H23N4O6P. The summed E-state index contributed by atoms with van der Waals surface area (Å²) in [4.78, 5) is 37.0. The average Bonchev–Trinajstić information content (AvgIpc) is 2.90. The topological polar surface area (TPSA) is 132 Å².